The summed E-state index contributed by atoms with van der Waals surface area (Å²) in [6, 6.07) is 15.1. The lowest BCUT2D eigenvalue weighted by atomic mass is 10.1. The van der Waals surface area contributed by atoms with Crippen molar-refractivity contribution in [2.75, 3.05) is 26.7 Å². The minimum atomic E-state index is -3.51. The molecule has 2 aliphatic heterocycles. The van der Waals surface area contributed by atoms with Gasteiger partial charge in [-0.05, 0) is 55.8 Å². The standard InChI is InChI=1S/C20H23N3O3S/c1-26-16-10-8-15(9-11-16)18(23-12-4-5-13-23)14-21-20-17-6-2-3-7-19(17)27(24,25)22-20/h2-3,6-11,18H,4-5,12-14H2,1H3,(H,21,22)/t18-/m1/s1. The van der Waals surface area contributed by atoms with E-state index >= 15 is 0 Å². The van der Waals surface area contributed by atoms with Gasteiger partial charge in [-0.1, -0.05) is 24.3 Å². The minimum Gasteiger partial charge on any atom is -0.497 e. The SMILES string of the molecule is COc1ccc([C@@H](CN=C2NS(=O)(=O)c3ccccc32)N2CCCC2)cc1. The van der Waals surface area contributed by atoms with E-state index < -0.39 is 10.0 Å². The maximum absolute atomic E-state index is 12.3. The predicted molar refractivity (Wildman–Crippen MR) is 105 cm³/mol. The van der Waals surface area contributed by atoms with Gasteiger partial charge in [0, 0.05) is 5.56 Å². The second kappa shape index (κ2) is 7.32. The maximum Gasteiger partial charge on any atom is 0.263 e. The van der Waals surface area contributed by atoms with E-state index in [1.54, 1.807) is 25.3 Å². The topological polar surface area (TPSA) is 71.0 Å². The molecule has 0 saturated carbocycles. The number of sulfonamides is 1. The third-order valence-corrected chi connectivity index (χ3v) is 6.56. The lowest BCUT2D eigenvalue weighted by Crippen LogP contribution is -2.29. The molecule has 1 saturated heterocycles. The Bertz CT molecular complexity index is 949. The monoisotopic (exact) mass is 385 g/mol. The predicted octanol–water partition coefficient (Wildman–Crippen LogP) is 2.57. The molecule has 0 radical (unpaired) electrons. The Kier molecular flexibility index (Phi) is 4.88. The molecule has 2 heterocycles. The maximum atomic E-state index is 12.3. The van der Waals surface area contributed by atoms with Crippen molar-refractivity contribution in [3.8, 4) is 5.75 Å². The summed E-state index contributed by atoms with van der Waals surface area (Å²) in [6.07, 6.45) is 2.36. The highest BCUT2D eigenvalue weighted by molar-refractivity contribution is 7.90. The molecule has 142 valence electrons. The van der Waals surface area contributed by atoms with Crippen LogP contribution in [0.4, 0.5) is 0 Å². The Morgan fingerprint density at radius 3 is 2.52 bits per heavy atom. The van der Waals surface area contributed by atoms with Crippen molar-refractivity contribution in [2.24, 2.45) is 4.99 Å². The fourth-order valence-electron chi connectivity index (χ4n) is 3.74. The average molecular weight is 385 g/mol. The normalized spacial score (nSPS) is 21.0. The molecule has 0 spiro atoms. The summed E-state index contributed by atoms with van der Waals surface area (Å²) in [5.41, 5.74) is 1.81. The molecule has 2 aromatic carbocycles. The van der Waals surface area contributed by atoms with Gasteiger partial charge in [-0.3, -0.25) is 14.6 Å². The quantitative estimate of drug-likeness (QED) is 0.859. The van der Waals surface area contributed by atoms with Crippen molar-refractivity contribution in [2.45, 2.75) is 23.8 Å². The number of ether oxygens (including phenoxy) is 1. The van der Waals surface area contributed by atoms with Crippen LogP contribution in [0.2, 0.25) is 0 Å². The zero-order valence-corrected chi connectivity index (χ0v) is 16.1. The summed E-state index contributed by atoms with van der Waals surface area (Å²) in [7, 11) is -1.85. The number of rotatable bonds is 5. The first kappa shape index (κ1) is 18.0. The lowest BCUT2D eigenvalue weighted by molar-refractivity contribution is 0.251. The molecule has 0 aliphatic carbocycles. The number of methoxy groups -OCH3 is 1. The number of nitrogens with one attached hydrogen (secondary N) is 1. The summed E-state index contributed by atoms with van der Waals surface area (Å²) in [4.78, 5) is 7.39. The molecule has 1 atom stereocenters. The van der Waals surface area contributed by atoms with Gasteiger partial charge in [-0.2, -0.15) is 0 Å². The highest BCUT2D eigenvalue weighted by Gasteiger charge is 2.31. The molecular weight excluding hydrogens is 362 g/mol. The second-order valence-corrected chi connectivity index (χ2v) is 8.47. The van der Waals surface area contributed by atoms with Gasteiger partial charge in [0.15, 0.2) is 0 Å². The molecule has 27 heavy (non-hydrogen) atoms. The number of likely N-dealkylation sites (tertiary alicyclic amines) is 1. The zero-order chi connectivity index (χ0) is 18.9. The van der Waals surface area contributed by atoms with Crippen molar-refractivity contribution in [1.82, 2.24) is 9.62 Å². The number of aliphatic imine (C=N–C) groups is 1. The third-order valence-electron chi connectivity index (χ3n) is 5.17. The Hall–Kier alpha value is -2.38. The summed E-state index contributed by atoms with van der Waals surface area (Å²) in [6.45, 7) is 2.56. The van der Waals surface area contributed by atoms with Crippen molar-refractivity contribution in [1.29, 1.82) is 0 Å². The van der Waals surface area contributed by atoms with Gasteiger partial charge < -0.3 is 4.74 Å². The van der Waals surface area contributed by atoms with Gasteiger partial charge >= 0.3 is 0 Å². The largest absolute Gasteiger partial charge is 0.497 e. The van der Waals surface area contributed by atoms with E-state index in [9.17, 15) is 8.42 Å². The third kappa shape index (κ3) is 3.57. The van der Waals surface area contributed by atoms with E-state index in [-0.39, 0.29) is 6.04 Å². The van der Waals surface area contributed by atoms with Crippen LogP contribution in [0.25, 0.3) is 0 Å². The molecule has 1 fully saturated rings. The van der Waals surface area contributed by atoms with Gasteiger partial charge in [0.25, 0.3) is 10.0 Å². The zero-order valence-electron chi connectivity index (χ0n) is 15.3. The van der Waals surface area contributed by atoms with Gasteiger partial charge in [-0.25, -0.2) is 8.42 Å². The number of nitrogens with zero attached hydrogens (tertiary/aromatic N) is 2. The summed E-state index contributed by atoms with van der Waals surface area (Å²) < 4.78 is 32.4. The van der Waals surface area contributed by atoms with Crippen molar-refractivity contribution in [3.05, 3.63) is 59.7 Å². The molecule has 0 bridgehead atoms. The van der Waals surface area contributed by atoms with E-state index in [1.807, 2.05) is 18.2 Å². The van der Waals surface area contributed by atoms with Crippen molar-refractivity contribution in [3.63, 3.8) is 0 Å². The molecule has 0 unspecified atom stereocenters. The lowest BCUT2D eigenvalue weighted by Gasteiger charge is -2.26. The molecule has 7 heteroatoms. The highest BCUT2D eigenvalue weighted by Crippen LogP contribution is 2.28. The van der Waals surface area contributed by atoms with Crippen LogP contribution in [0.3, 0.4) is 0 Å². The first-order valence-electron chi connectivity index (χ1n) is 9.13. The Morgan fingerprint density at radius 1 is 1.11 bits per heavy atom. The van der Waals surface area contributed by atoms with Gasteiger partial charge in [0.1, 0.15) is 11.6 Å². The van der Waals surface area contributed by atoms with E-state index in [2.05, 4.69) is 26.7 Å². The Balaban J connectivity index is 1.63. The van der Waals surface area contributed by atoms with Crippen LogP contribution >= 0.6 is 0 Å². The molecule has 2 aliphatic rings. The molecule has 0 amide bonds. The highest BCUT2D eigenvalue weighted by atomic mass is 32.2. The number of hydrogen-bond donors (Lipinski definition) is 1. The molecular formula is C20H23N3O3S. The second-order valence-electron chi connectivity index (χ2n) is 6.82. The number of hydrogen-bond acceptors (Lipinski definition) is 5. The van der Waals surface area contributed by atoms with Crippen molar-refractivity contribution >= 4 is 15.9 Å². The van der Waals surface area contributed by atoms with Crippen LogP contribution in [-0.2, 0) is 10.0 Å². The average Bonchev–Trinajstić information content (AvgIpc) is 3.30. The number of fused-ring (bicyclic) bond motifs is 1. The number of amidine groups is 1. The smallest absolute Gasteiger partial charge is 0.263 e. The van der Waals surface area contributed by atoms with E-state index in [1.165, 1.54) is 12.8 Å². The Labute approximate surface area is 159 Å². The van der Waals surface area contributed by atoms with Crippen LogP contribution in [-0.4, -0.2) is 45.9 Å². The van der Waals surface area contributed by atoms with Gasteiger partial charge in [0.2, 0.25) is 0 Å². The fourth-order valence-corrected chi connectivity index (χ4v) is 4.99. The summed E-state index contributed by atoms with van der Waals surface area (Å²) in [5.74, 6) is 1.26. The van der Waals surface area contributed by atoms with E-state index in [0.717, 1.165) is 24.4 Å². The van der Waals surface area contributed by atoms with Crippen LogP contribution in [0.1, 0.15) is 30.0 Å². The van der Waals surface area contributed by atoms with E-state index in [4.69, 9.17) is 4.74 Å². The van der Waals surface area contributed by atoms with Crippen LogP contribution < -0.4 is 9.46 Å². The molecule has 6 nitrogen and oxygen atoms in total. The Morgan fingerprint density at radius 2 is 1.81 bits per heavy atom. The molecule has 0 aromatic heterocycles. The van der Waals surface area contributed by atoms with Gasteiger partial charge in [0.05, 0.1) is 24.6 Å². The molecule has 1 N–H and O–H groups in total. The first-order chi connectivity index (χ1) is 13.1. The molecule has 2 aromatic rings. The van der Waals surface area contributed by atoms with Crippen LogP contribution in [0.15, 0.2) is 58.4 Å². The molecule has 4 rings (SSSR count). The van der Waals surface area contributed by atoms with Crippen LogP contribution in [0, 0.1) is 0 Å². The summed E-state index contributed by atoms with van der Waals surface area (Å²) in [5, 5.41) is 0. The van der Waals surface area contributed by atoms with E-state index in [0.29, 0.717) is 22.8 Å². The van der Waals surface area contributed by atoms with Crippen LogP contribution in [0.5, 0.6) is 5.75 Å². The summed E-state index contributed by atoms with van der Waals surface area (Å²) >= 11 is 0. The number of benzene rings is 2. The van der Waals surface area contributed by atoms with Gasteiger partial charge in [-0.15, -0.1) is 0 Å². The minimum absolute atomic E-state index is 0.114. The van der Waals surface area contributed by atoms with Crippen molar-refractivity contribution < 1.29 is 13.2 Å². The fraction of sp³-hybridized carbons (Fsp3) is 0.350. The first-order valence-corrected chi connectivity index (χ1v) is 10.6.